The zero-order valence-electron chi connectivity index (χ0n) is 10.7. The lowest BCUT2D eigenvalue weighted by atomic mass is 10.1. The molecule has 0 atom stereocenters. The number of carbonyl (C=O) groups is 2. The molecule has 5 nitrogen and oxygen atoms in total. The predicted molar refractivity (Wildman–Crippen MR) is 75.9 cm³/mol. The van der Waals surface area contributed by atoms with Crippen LogP contribution in [-0.2, 0) is 16.0 Å². The van der Waals surface area contributed by atoms with Gasteiger partial charge in [0.15, 0.2) is 0 Å². The van der Waals surface area contributed by atoms with Gasteiger partial charge >= 0.3 is 12.0 Å². The number of carbonyl (C=O) groups excluding carboxylic acids is 2. The molecule has 2 amide bonds. The standard InChI is InChI=1S/C13H17BrN2O3/c1-2-19-12(17)9-16-13(18)15-7-6-10-4-3-5-11(14)8-10/h3-5,8H,2,6-7,9H2,1H3,(H2,15,16,18). The topological polar surface area (TPSA) is 67.4 Å². The minimum absolute atomic E-state index is 0.115. The lowest BCUT2D eigenvalue weighted by Crippen LogP contribution is -2.39. The van der Waals surface area contributed by atoms with E-state index in [4.69, 9.17) is 4.74 Å². The molecule has 0 aromatic heterocycles. The third kappa shape index (κ3) is 6.81. The van der Waals surface area contributed by atoms with Crippen molar-refractivity contribution >= 4 is 27.9 Å². The first-order valence-electron chi connectivity index (χ1n) is 6.03. The average molecular weight is 329 g/mol. The maximum absolute atomic E-state index is 11.4. The van der Waals surface area contributed by atoms with Crippen LogP contribution in [0.2, 0.25) is 0 Å². The largest absolute Gasteiger partial charge is 0.465 e. The minimum atomic E-state index is -0.440. The summed E-state index contributed by atoms with van der Waals surface area (Å²) in [6, 6.07) is 7.51. The first kappa shape index (κ1) is 15.5. The van der Waals surface area contributed by atoms with Crippen molar-refractivity contribution < 1.29 is 14.3 Å². The number of esters is 1. The fraction of sp³-hybridized carbons (Fsp3) is 0.385. The molecular weight excluding hydrogens is 312 g/mol. The number of ether oxygens (including phenoxy) is 1. The van der Waals surface area contributed by atoms with E-state index in [2.05, 4.69) is 26.6 Å². The van der Waals surface area contributed by atoms with E-state index in [1.54, 1.807) is 6.92 Å². The van der Waals surface area contributed by atoms with E-state index >= 15 is 0 Å². The summed E-state index contributed by atoms with van der Waals surface area (Å²) in [7, 11) is 0. The summed E-state index contributed by atoms with van der Waals surface area (Å²) in [4.78, 5) is 22.4. The molecule has 0 aliphatic rings. The van der Waals surface area contributed by atoms with Gasteiger partial charge in [-0.05, 0) is 31.0 Å². The van der Waals surface area contributed by atoms with Crippen LogP contribution in [0, 0.1) is 0 Å². The van der Waals surface area contributed by atoms with Gasteiger partial charge in [0.05, 0.1) is 6.61 Å². The maximum atomic E-state index is 11.4. The summed E-state index contributed by atoms with van der Waals surface area (Å²) in [6.07, 6.45) is 0.728. The number of amides is 2. The monoisotopic (exact) mass is 328 g/mol. The van der Waals surface area contributed by atoms with Crippen molar-refractivity contribution in [1.29, 1.82) is 0 Å². The average Bonchev–Trinajstić information content (AvgIpc) is 2.37. The normalized spacial score (nSPS) is 9.79. The molecule has 19 heavy (non-hydrogen) atoms. The SMILES string of the molecule is CCOC(=O)CNC(=O)NCCc1cccc(Br)c1. The Labute approximate surface area is 120 Å². The molecule has 0 saturated carbocycles. The number of benzene rings is 1. The summed E-state index contributed by atoms with van der Waals surface area (Å²) in [6.45, 7) is 2.42. The van der Waals surface area contributed by atoms with E-state index in [9.17, 15) is 9.59 Å². The van der Waals surface area contributed by atoms with Crippen molar-refractivity contribution in [1.82, 2.24) is 10.6 Å². The molecule has 0 bridgehead atoms. The van der Waals surface area contributed by atoms with Gasteiger partial charge in [-0.15, -0.1) is 0 Å². The summed E-state index contributed by atoms with van der Waals surface area (Å²) in [5.41, 5.74) is 1.13. The molecular formula is C13H17BrN2O3. The zero-order chi connectivity index (χ0) is 14.1. The van der Waals surface area contributed by atoms with E-state index in [0.29, 0.717) is 13.2 Å². The molecule has 0 aliphatic carbocycles. The highest BCUT2D eigenvalue weighted by atomic mass is 79.9. The van der Waals surface area contributed by atoms with Gasteiger partial charge in [0, 0.05) is 11.0 Å². The zero-order valence-corrected chi connectivity index (χ0v) is 12.3. The Bertz CT molecular complexity index is 438. The molecule has 6 heteroatoms. The van der Waals surface area contributed by atoms with Crippen LogP contribution in [0.25, 0.3) is 0 Å². The second-order valence-electron chi connectivity index (χ2n) is 3.79. The summed E-state index contributed by atoms with van der Waals surface area (Å²) < 4.78 is 5.70. The highest BCUT2D eigenvalue weighted by Crippen LogP contribution is 2.11. The van der Waals surface area contributed by atoms with E-state index in [-0.39, 0.29) is 12.6 Å². The molecule has 0 spiro atoms. The molecule has 2 N–H and O–H groups in total. The summed E-state index contributed by atoms with van der Waals surface area (Å²) in [5.74, 6) is -0.440. The minimum Gasteiger partial charge on any atom is -0.465 e. The molecule has 1 rings (SSSR count). The fourth-order valence-corrected chi connectivity index (χ4v) is 1.89. The van der Waals surface area contributed by atoms with Crippen molar-refractivity contribution in [2.75, 3.05) is 19.7 Å². The lowest BCUT2D eigenvalue weighted by molar-refractivity contribution is -0.141. The van der Waals surface area contributed by atoms with Gasteiger partial charge in [0.25, 0.3) is 0 Å². The van der Waals surface area contributed by atoms with Gasteiger partial charge in [0.2, 0.25) is 0 Å². The van der Waals surface area contributed by atoms with Crippen molar-refractivity contribution in [3.8, 4) is 0 Å². The van der Waals surface area contributed by atoms with Crippen molar-refractivity contribution in [3.63, 3.8) is 0 Å². The third-order valence-corrected chi connectivity index (χ3v) is 2.78. The Kier molecular flexibility index (Phi) is 6.95. The van der Waals surface area contributed by atoms with E-state index in [1.807, 2.05) is 24.3 Å². The lowest BCUT2D eigenvalue weighted by Gasteiger charge is -2.07. The number of halogens is 1. The second-order valence-corrected chi connectivity index (χ2v) is 4.71. The van der Waals surface area contributed by atoms with Crippen LogP contribution in [-0.4, -0.2) is 31.7 Å². The Hall–Kier alpha value is -1.56. The first-order chi connectivity index (χ1) is 9.11. The Morgan fingerprint density at radius 3 is 2.79 bits per heavy atom. The molecule has 0 saturated heterocycles. The molecule has 104 valence electrons. The van der Waals surface area contributed by atoms with Gasteiger partial charge < -0.3 is 15.4 Å². The highest BCUT2D eigenvalue weighted by molar-refractivity contribution is 9.10. The number of urea groups is 1. The van der Waals surface area contributed by atoms with E-state index in [0.717, 1.165) is 16.5 Å². The van der Waals surface area contributed by atoms with Gasteiger partial charge in [-0.3, -0.25) is 4.79 Å². The molecule has 0 radical (unpaired) electrons. The summed E-state index contributed by atoms with van der Waals surface area (Å²) >= 11 is 3.39. The van der Waals surface area contributed by atoms with Crippen molar-refractivity contribution in [3.05, 3.63) is 34.3 Å². The van der Waals surface area contributed by atoms with Crippen molar-refractivity contribution in [2.24, 2.45) is 0 Å². The summed E-state index contributed by atoms with van der Waals surface area (Å²) in [5, 5.41) is 5.11. The first-order valence-corrected chi connectivity index (χ1v) is 6.83. The van der Waals surface area contributed by atoms with Crippen LogP contribution in [0.1, 0.15) is 12.5 Å². The van der Waals surface area contributed by atoms with Gasteiger partial charge in [-0.2, -0.15) is 0 Å². The molecule has 0 heterocycles. The molecule has 1 aromatic carbocycles. The van der Waals surface area contributed by atoms with Crippen LogP contribution >= 0.6 is 15.9 Å². The third-order valence-electron chi connectivity index (χ3n) is 2.29. The number of hydrogen-bond donors (Lipinski definition) is 2. The van der Waals surface area contributed by atoms with Crippen LogP contribution < -0.4 is 10.6 Å². The molecule has 0 fully saturated rings. The Balaban J connectivity index is 2.18. The van der Waals surface area contributed by atoms with Gasteiger partial charge in [-0.25, -0.2) is 4.79 Å². The predicted octanol–water partition coefficient (Wildman–Crippen LogP) is 1.85. The van der Waals surface area contributed by atoms with Crippen molar-refractivity contribution in [2.45, 2.75) is 13.3 Å². The number of rotatable bonds is 6. The van der Waals surface area contributed by atoms with Crippen LogP contribution in [0.15, 0.2) is 28.7 Å². The van der Waals surface area contributed by atoms with Gasteiger partial charge in [0.1, 0.15) is 6.54 Å². The highest BCUT2D eigenvalue weighted by Gasteiger charge is 2.04. The number of hydrogen-bond acceptors (Lipinski definition) is 3. The quantitative estimate of drug-likeness (QED) is 0.783. The van der Waals surface area contributed by atoms with E-state index < -0.39 is 5.97 Å². The Morgan fingerprint density at radius 2 is 2.11 bits per heavy atom. The maximum Gasteiger partial charge on any atom is 0.325 e. The Morgan fingerprint density at radius 1 is 1.32 bits per heavy atom. The fourth-order valence-electron chi connectivity index (χ4n) is 1.44. The van der Waals surface area contributed by atoms with Gasteiger partial charge in [-0.1, -0.05) is 28.1 Å². The van der Waals surface area contributed by atoms with Crippen LogP contribution in [0.3, 0.4) is 0 Å². The molecule has 1 aromatic rings. The molecule has 0 unspecified atom stereocenters. The van der Waals surface area contributed by atoms with Crippen LogP contribution in [0.5, 0.6) is 0 Å². The smallest absolute Gasteiger partial charge is 0.325 e. The van der Waals surface area contributed by atoms with Crippen LogP contribution in [0.4, 0.5) is 4.79 Å². The molecule has 0 aliphatic heterocycles. The number of nitrogens with one attached hydrogen (secondary N) is 2. The second kappa shape index (κ2) is 8.53. The van der Waals surface area contributed by atoms with E-state index in [1.165, 1.54) is 0 Å².